The van der Waals surface area contributed by atoms with E-state index in [1.165, 1.54) is 6.07 Å². The highest BCUT2D eigenvalue weighted by molar-refractivity contribution is 9.10. The van der Waals surface area contributed by atoms with Gasteiger partial charge in [-0.25, -0.2) is 17.2 Å². The number of rotatable bonds is 4. The van der Waals surface area contributed by atoms with Crippen molar-refractivity contribution in [3.8, 4) is 0 Å². The summed E-state index contributed by atoms with van der Waals surface area (Å²) < 4.78 is 58.1. The minimum atomic E-state index is -4.11. The molecule has 3 N–H and O–H groups in total. The van der Waals surface area contributed by atoms with Gasteiger partial charge in [-0.1, -0.05) is 0 Å². The fourth-order valence-corrected chi connectivity index (χ4v) is 3.88. The van der Waals surface area contributed by atoms with Gasteiger partial charge in [0.1, 0.15) is 22.3 Å². The largest absolute Gasteiger partial charge is 0.452 e. The number of nitrogens with one attached hydrogen (secondary N) is 1. The average molecular weight is 446 g/mol. The van der Waals surface area contributed by atoms with Crippen molar-refractivity contribution in [2.45, 2.75) is 11.4 Å². The van der Waals surface area contributed by atoms with Crippen molar-refractivity contribution in [2.24, 2.45) is 5.73 Å². The van der Waals surface area contributed by atoms with Crippen LogP contribution < -0.4 is 10.5 Å². The van der Waals surface area contributed by atoms with E-state index in [1.54, 1.807) is 0 Å². The highest BCUT2D eigenvalue weighted by Crippen LogP contribution is 2.30. The lowest BCUT2D eigenvalue weighted by molar-refractivity contribution is 0.484. The molecule has 1 aromatic heterocycles. The molecule has 2 aromatic rings. The van der Waals surface area contributed by atoms with Crippen LogP contribution >= 0.6 is 31.9 Å². The number of hydrogen-bond acceptors (Lipinski definition) is 4. The summed E-state index contributed by atoms with van der Waals surface area (Å²) in [4.78, 5) is -0.234. The molecular formula is C11H8Br2F2N2O3S. The van der Waals surface area contributed by atoms with Gasteiger partial charge in [-0.15, -0.1) is 0 Å². The Bertz CT molecular complexity index is 793. The maximum Gasteiger partial charge on any atom is 0.266 e. The highest BCUT2D eigenvalue weighted by Gasteiger charge is 2.24. The van der Waals surface area contributed by atoms with Gasteiger partial charge in [0.05, 0.1) is 16.7 Å². The average Bonchev–Trinajstić information content (AvgIpc) is 2.78. The van der Waals surface area contributed by atoms with Crippen LogP contribution in [0.5, 0.6) is 0 Å². The summed E-state index contributed by atoms with van der Waals surface area (Å²) >= 11 is 5.80. The molecule has 21 heavy (non-hydrogen) atoms. The summed E-state index contributed by atoms with van der Waals surface area (Å²) in [6, 6.07) is 2.76. The number of sulfonamides is 1. The second kappa shape index (κ2) is 6.03. The highest BCUT2D eigenvalue weighted by atomic mass is 79.9. The van der Waals surface area contributed by atoms with Crippen molar-refractivity contribution in [1.82, 2.24) is 0 Å². The van der Waals surface area contributed by atoms with Gasteiger partial charge < -0.3 is 10.2 Å². The Morgan fingerprint density at radius 2 is 1.86 bits per heavy atom. The molecule has 2 rings (SSSR count). The molecule has 0 saturated heterocycles. The molecule has 0 fully saturated rings. The van der Waals surface area contributed by atoms with E-state index < -0.39 is 27.3 Å². The summed E-state index contributed by atoms with van der Waals surface area (Å²) in [5, 5.41) is 0. The Morgan fingerprint density at radius 1 is 1.19 bits per heavy atom. The van der Waals surface area contributed by atoms with Crippen LogP contribution in [0, 0.1) is 11.6 Å². The van der Waals surface area contributed by atoms with Crippen molar-refractivity contribution in [3.05, 3.63) is 44.7 Å². The van der Waals surface area contributed by atoms with Crippen molar-refractivity contribution in [1.29, 1.82) is 0 Å². The van der Waals surface area contributed by atoms with Gasteiger partial charge in [0.25, 0.3) is 10.0 Å². The predicted molar refractivity (Wildman–Crippen MR) is 79.2 cm³/mol. The zero-order valence-corrected chi connectivity index (χ0v) is 14.1. The van der Waals surface area contributed by atoms with E-state index >= 15 is 0 Å². The first-order valence-electron chi connectivity index (χ1n) is 5.40. The fourth-order valence-electron chi connectivity index (χ4n) is 1.48. The molecule has 1 heterocycles. The molecule has 0 amide bonds. The van der Waals surface area contributed by atoms with E-state index in [9.17, 15) is 17.2 Å². The van der Waals surface area contributed by atoms with Crippen molar-refractivity contribution < 1.29 is 21.6 Å². The molecule has 0 spiro atoms. The minimum Gasteiger partial charge on any atom is -0.452 e. The molecule has 0 aliphatic carbocycles. The first-order valence-corrected chi connectivity index (χ1v) is 8.47. The second-order valence-corrected chi connectivity index (χ2v) is 7.13. The van der Waals surface area contributed by atoms with Crippen LogP contribution in [0.1, 0.15) is 5.76 Å². The molecule has 0 aliphatic heterocycles. The zero-order chi connectivity index (χ0) is 15.8. The molecule has 5 nitrogen and oxygen atoms in total. The van der Waals surface area contributed by atoms with Crippen LogP contribution in [-0.4, -0.2) is 8.42 Å². The van der Waals surface area contributed by atoms with Crippen LogP contribution in [0.3, 0.4) is 0 Å². The maximum absolute atomic E-state index is 13.6. The Hall–Kier alpha value is -0.970. The molecule has 0 saturated carbocycles. The van der Waals surface area contributed by atoms with Gasteiger partial charge in [-0.05, 0) is 37.9 Å². The molecular weight excluding hydrogens is 438 g/mol. The Kier molecular flexibility index (Phi) is 4.71. The van der Waals surface area contributed by atoms with E-state index in [2.05, 4.69) is 31.9 Å². The molecule has 1 aromatic carbocycles. The molecule has 114 valence electrons. The third-order valence-electron chi connectivity index (χ3n) is 2.45. The van der Waals surface area contributed by atoms with Gasteiger partial charge >= 0.3 is 0 Å². The van der Waals surface area contributed by atoms with Crippen LogP contribution in [0.2, 0.25) is 0 Å². The number of halogens is 4. The molecule has 0 bridgehead atoms. The third kappa shape index (κ3) is 3.44. The second-order valence-electron chi connectivity index (χ2n) is 3.91. The Balaban J connectivity index is 2.42. The van der Waals surface area contributed by atoms with E-state index in [1.807, 2.05) is 4.72 Å². The van der Waals surface area contributed by atoms with E-state index in [-0.39, 0.29) is 26.3 Å². The molecule has 0 radical (unpaired) electrons. The smallest absolute Gasteiger partial charge is 0.266 e. The molecule has 0 aliphatic rings. The van der Waals surface area contributed by atoms with E-state index in [4.69, 9.17) is 10.2 Å². The lowest BCUT2D eigenvalue weighted by Gasteiger charge is -2.08. The van der Waals surface area contributed by atoms with Crippen molar-refractivity contribution in [3.63, 3.8) is 0 Å². The van der Waals surface area contributed by atoms with Crippen molar-refractivity contribution >= 4 is 47.6 Å². The summed E-state index contributed by atoms with van der Waals surface area (Å²) in [6.07, 6.45) is 0. The third-order valence-corrected chi connectivity index (χ3v) is 5.28. The van der Waals surface area contributed by atoms with Crippen LogP contribution in [-0.2, 0) is 16.6 Å². The Morgan fingerprint density at radius 3 is 2.43 bits per heavy atom. The standard InChI is InChI=1S/C11H8Br2F2N2O3S/c12-6-2-9(8(15)3-7(6)14)17-21(18,19)10-1-5(4-16)20-11(10)13/h1-3,17H,4,16H2. The van der Waals surface area contributed by atoms with E-state index in [0.717, 1.165) is 6.07 Å². The number of benzene rings is 1. The molecule has 0 atom stereocenters. The number of furan rings is 1. The topological polar surface area (TPSA) is 85.3 Å². The quantitative estimate of drug-likeness (QED) is 0.706. The van der Waals surface area contributed by atoms with Gasteiger partial charge in [0, 0.05) is 12.1 Å². The molecule has 0 unspecified atom stereocenters. The summed E-state index contributed by atoms with van der Waals surface area (Å²) in [5.41, 5.74) is 4.95. The van der Waals surface area contributed by atoms with Crippen LogP contribution in [0.25, 0.3) is 0 Å². The van der Waals surface area contributed by atoms with Gasteiger partial charge in [0.15, 0.2) is 4.67 Å². The lowest BCUT2D eigenvalue weighted by atomic mass is 10.3. The first kappa shape index (κ1) is 16.4. The maximum atomic E-state index is 13.6. The first-order chi connectivity index (χ1) is 9.74. The predicted octanol–water partition coefficient (Wildman–Crippen LogP) is 3.34. The fraction of sp³-hybridized carbons (Fsp3) is 0.0909. The van der Waals surface area contributed by atoms with E-state index in [0.29, 0.717) is 6.07 Å². The summed E-state index contributed by atoms with van der Waals surface area (Å²) in [5.74, 6) is -1.65. The zero-order valence-electron chi connectivity index (χ0n) is 10.2. The van der Waals surface area contributed by atoms with Crippen LogP contribution in [0.15, 0.2) is 36.7 Å². The molecule has 10 heteroatoms. The normalized spacial score (nSPS) is 11.7. The minimum absolute atomic E-state index is 0.00454. The monoisotopic (exact) mass is 444 g/mol. The van der Waals surface area contributed by atoms with Gasteiger partial charge in [0.2, 0.25) is 0 Å². The Labute approximate surface area is 135 Å². The summed E-state index contributed by atoms with van der Waals surface area (Å²) in [7, 11) is -4.11. The number of anilines is 1. The van der Waals surface area contributed by atoms with Gasteiger partial charge in [-0.3, -0.25) is 4.72 Å². The SMILES string of the molecule is NCc1cc(S(=O)(=O)Nc2cc(Br)c(F)cc2F)c(Br)o1. The van der Waals surface area contributed by atoms with Crippen molar-refractivity contribution in [2.75, 3.05) is 4.72 Å². The number of hydrogen-bond donors (Lipinski definition) is 2. The summed E-state index contributed by atoms with van der Waals surface area (Å²) in [6.45, 7) is 0.00454. The number of nitrogens with two attached hydrogens (primary N) is 1. The van der Waals surface area contributed by atoms with Crippen LogP contribution in [0.4, 0.5) is 14.5 Å². The lowest BCUT2D eigenvalue weighted by Crippen LogP contribution is -2.14. The van der Waals surface area contributed by atoms with Gasteiger partial charge in [-0.2, -0.15) is 0 Å².